The first-order chi connectivity index (χ1) is 46.1. The fraction of sp³-hybridized carbons (Fsp3) is 0.569. The number of nitrogens with zero attached hydrogens (tertiary/aromatic N) is 3. The molecule has 4 rings (SSSR count). The Kier molecular flexibility index (Phi) is 228. The monoisotopic (exact) mass is 1430 g/mol. The van der Waals surface area contributed by atoms with Crippen molar-refractivity contribution in [1.82, 2.24) is 38.5 Å². The van der Waals surface area contributed by atoms with E-state index in [0.717, 1.165) is 54.6 Å². The number of carbonyl (C=O) groups is 13. The van der Waals surface area contributed by atoms with Gasteiger partial charge in [-0.25, -0.2) is 0 Å². The highest BCUT2D eigenvalue weighted by Crippen LogP contribution is 2.17. The maximum atomic E-state index is 13.9. The summed E-state index contributed by atoms with van der Waals surface area (Å²) in [5.74, 6) is 1.52. The zero-order valence-electron chi connectivity index (χ0n) is 66.8. The molecule has 0 bridgehead atoms. The Balaban J connectivity index is -0.0000000434. The van der Waals surface area contributed by atoms with Gasteiger partial charge in [0, 0.05) is 53.1 Å². The van der Waals surface area contributed by atoms with E-state index in [-0.39, 0.29) is 48.7 Å². The van der Waals surface area contributed by atoms with Gasteiger partial charge < -0.3 is 121 Å². The Morgan fingerprint density at radius 2 is 0.667 bits per heavy atom. The molecular weight excluding hydrogens is 1270 g/mol. The van der Waals surface area contributed by atoms with Crippen molar-refractivity contribution >= 4 is 84.7 Å². The van der Waals surface area contributed by atoms with Crippen LogP contribution in [0.5, 0.6) is 0 Å². The summed E-state index contributed by atoms with van der Waals surface area (Å²) in [6.07, 6.45) is 7.22. The Morgan fingerprint density at radius 1 is 0.444 bits per heavy atom. The number of likely N-dealkylation sites (N-methyl/N-ethyl adjacent to an activating group) is 2. The van der Waals surface area contributed by atoms with Gasteiger partial charge in [-0.05, 0) is 123 Å². The number of aliphatic hydroxyl groups excluding tert-OH is 1. The van der Waals surface area contributed by atoms with Gasteiger partial charge >= 0.3 is 0 Å². The molecule has 4 amide bonds. The lowest BCUT2D eigenvalue weighted by atomic mass is 10.00. The van der Waals surface area contributed by atoms with Gasteiger partial charge in [-0.1, -0.05) is 187 Å². The number of likely N-dealkylation sites (tertiary alicyclic amines) is 1. The number of hydrogen-bond acceptors (Lipinski definition) is 23. The standard InChI is InChI=1S/C30H40N4O4.C8H10.2C5H12.C4H10.C3H8O.C2H6.6CH5N.9CH2O.3H3N/c1-22(29(37)34-18-12-7-13-19-34)31-28(36)26(20-24-14-8-5-9-15-24)33(4)30(38)27(32(3)23(2)35)21-25-16-10-6-11-17-25;1-2-8-6-4-3-5-7-8;2*1-4-5(2)3;1-4(2)3;1-3(2)4;16*1-2;;;/h5-6,8-11,14-17,22,26-27H,7,12-13,18-21H2,1-4H3,(H,31,36);3-7H,2H2,1H3;2*5H,4H2,1-3H3;4H,1-3H3;3-4H,1-2H3;1-2H3;6*2H2,1H3;9*1H2;3*1H3/t22-,26-,27-;;;;;;;;;;;;;;;;;;;;;;;;/m0......................../s1. The van der Waals surface area contributed by atoms with Crippen LogP contribution in [0.15, 0.2) is 91.0 Å². The number of benzene rings is 3. The zero-order chi connectivity index (χ0) is 81.2. The Bertz CT molecular complexity index is 1780. The molecule has 1 aliphatic heterocycles. The average Bonchev–Trinajstić information content (AvgIpc) is 0.890. The van der Waals surface area contributed by atoms with E-state index in [2.05, 4.69) is 133 Å². The smallest absolute Gasteiger partial charge is 0.246 e. The van der Waals surface area contributed by atoms with Crippen LogP contribution in [0.1, 0.15) is 160 Å². The second-order valence-corrected chi connectivity index (χ2v) is 18.4. The highest BCUT2D eigenvalue weighted by Gasteiger charge is 2.35. The van der Waals surface area contributed by atoms with Gasteiger partial charge in [0.25, 0.3) is 0 Å². The molecule has 99 heavy (non-hydrogen) atoms. The second-order valence-electron chi connectivity index (χ2n) is 18.4. The second kappa shape index (κ2) is 150. The molecule has 27 nitrogen and oxygen atoms in total. The third-order valence-corrected chi connectivity index (χ3v) is 10.2. The van der Waals surface area contributed by atoms with Crippen LogP contribution in [0.25, 0.3) is 0 Å². The highest BCUT2D eigenvalue weighted by molar-refractivity contribution is 5.94. The predicted octanol–water partition coefficient (Wildman–Crippen LogP) is 8.36. The largest absolute Gasteiger partial charge is 0.394 e. The van der Waals surface area contributed by atoms with Crippen LogP contribution in [0.3, 0.4) is 0 Å². The average molecular weight is 1430 g/mol. The first-order valence-electron chi connectivity index (χ1n) is 31.1. The molecule has 592 valence electrons. The summed E-state index contributed by atoms with van der Waals surface area (Å²) < 4.78 is 0. The predicted molar refractivity (Wildman–Crippen MR) is 422 cm³/mol. The first kappa shape index (κ1) is 151. The highest BCUT2D eigenvalue weighted by atomic mass is 16.3. The number of piperidine rings is 1. The molecule has 0 aliphatic carbocycles. The molecule has 3 aromatic rings. The molecule has 1 aliphatic rings. The molecule has 3 aromatic carbocycles. The summed E-state index contributed by atoms with van der Waals surface area (Å²) in [5.41, 5.74) is 30.2. The fourth-order valence-corrected chi connectivity index (χ4v) is 5.55. The molecule has 0 unspecified atom stereocenters. The van der Waals surface area contributed by atoms with E-state index in [9.17, 15) is 19.2 Å². The van der Waals surface area contributed by atoms with Crippen LogP contribution in [-0.4, -0.2) is 198 Å². The lowest BCUT2D eigenvalue weighted by molar-refractivity contribution is -0.147. The third kappa shape index (κ3) is 127. The molecule has 1 fully saturated rings. The van der Waals surface area contributed by atoms with Gasteiger partial charge in [0.2, 0.25) is 23.6 Å². The Morgan fingerprint density at radius 3 is 0.869 bits per heavy atom. The van der Waals surface area contributed by atoms with E-state index >= 15 is 0 Å². The lowest BCUT2D eigenvalue weighted by Crippen LogP contribution is -2.58. The van der Waals surface area contributed by atoms with Crippen LogP contribution in [0, 0.1) is 17.8 Å². The summed E-state index contributed by atoms with van der Waals surface area (Å²) in [7, 11) is 12.2. The number of aryl methyl sites for hydroxylation is 1. The number of rotatable bonds is 13. The first-order valence-corrected chi connectivity index (χ1v) is 31.1. The topological polar surface area (TPSA) is 525 Å². The van der Waals surface area contributed by atoms with Crippen LogP contribution < -0.4 is 58.2 Å². The molecule has 0 spiro atoms. The molecule has 0 saturated carbocycles. The Labute approximate surface area is 604 Å². The summed E-state index contributed by atoms with van der Waals surface area (Å²) in [6.45, 7) is 51.9. The minimum Gasteiger partial charge on any atom is -0.394 e. The summed E-state index contributed by atoms with van der Waals surface area (Å²) >= 11 is 0. The van der Waals surface area contributed by atoms with Crippen LogP contribution >= 0.6 is 0 Å². The Hall–Kier alpha value is -7.83. The van der Waals surface area contributed by atoms with Crippen molar-refractivity contribution in [3.05, 3.63) is 108 Å². The van der Waals surface area contributed by atoms with E-state index in [4.69, 9.17) is 48.3 Å². The van der Waals surface area contributed by atoms with Crippen molar-refractivity contribution in [2.24, 2.45) is 52.2 Å². The molecule has 0 radical (unpaired) electrons. The van der Waals surface area contributed by atoms with Crippen molar-refractivity contribution in [3.63, 3.8) is 0 Å². The van der Waals surface area contributed by atoms with Crippen LogP contribution in [-0.2, 0) is 81.6 Å². The maximum absolute atomic E-state index is 13.9. The van der Waals surface area contributed by atoms with Crippen molar-refractivity contribution in [3.8, 4) is 0 Å². The molecular formula is C72H155N13O14. The number of nitrogens with one attached hydrogen (secondary N) is 1. The molecule has 0 aromatic heterocycles. The van der Waals surface area contributed by atoms with Crippen molar-refractivity contribution in [2.75, 3.05) is 69.5 Å². The number of hydrogen-bond donors (Lipinski definition) is 11. The molecule has 1 heterocycles. The molecule has 1 saturated heterocycles. The number of amides is 4. The van der Waals surface area contributed by atoms with E-state index in [1.165, 1.54) is 77.4 Å². The zero-order valence-corrected chi connectivity index (χ0v) is 66.8. The van der Waals surface area contributed by atoms with Crippen molar-refractivity contribution in [2.45, 2.75) is 186 Å². The van der Waals surface area contributed by atoms with Gasteiger partial charge in [0.05, 0.1) is 0 Å². The quantitative estimate of drug-likeness (QED) is 0.0765. The fourth-order valence-electron chi connectivity index (χ4n) is 5.55. The number of nitrogens with two attached hydrogens (primary N) is 6. The van der Waals surface area contributed by atoms with E-state index in [0.29, 0.717) is 19.5 Å². The van der Waals surface area contributed by atoms with Gasteiger partial charge in [0.1, 0.15) is 79.2 Å². The van der Waals surface area contributed by atoms with Gasteiger partial charge in [-0.15, -0.1) is 0 Å². The van der Waals surface area contributed by atoms with E-state index < -0.39 is 24.0 Å². The van der Waals surface area contributed by atoms with Crippen molar-refractivity contribution < 1.29 is 67.4 Å². The normalized spacial score (nSPS) is 9.22. The van der Waals surface area contributed by atoms with E-state index in [1.807, 2.05) is 142 Å². The molecule has 3 atom stereocenters. The minimum absolute atomic E-state index is 0. The van der Waals surface area contributed by atoms with E-state index in [1.54, 1.807) is 39.8 Å². The van der Waals surface area contributed by atoms with Gasteiger partial charge in [-0.3, -0.25) is 19.2 Å². The minimum atomic E-state index is -0.861. The number of carbonyl (C=O) groups excluding carboxylic acids is 13. The molecule has 23 N–H and O–H groups in total. The summed E-state index contributed by atoms with van der Waals surface area (Å²) in [4.78, 5) is 129. The summed E-state index contributed by atoms with van der Waals surface area (Å²) in [6, 6.07) is 27.1. The molecule has 27 heteroatoms. The number of aliphatic hydroxyl groups is 1. The lowest BCUT2D eigenvalue weighted by Gasteiger charge is -2.35. The van der Waals surface area contributed by atoms with Crippen LogP contribution in [0.2, 0.25) is 0 Å². The van der Waals surface area contributed by atoms with Gasteiger partial charge in [-0.2, -0.15) is 0 Å². The van der Waals surface area contributed by atoms with Crippen molar-refractivity contribution in [1.29, 1.82) is 0 Å². The third-order valence-electron chi connectivity index (χ3n) is 10.2. The maximum Gasteiger partial charge on any atom is 0.246 e. The summed E-state index contributed by atoms with van der Waals surface area (Å²) in [5, 5.41) is 10.9. The van der Waals surface area contributed by atoms with Gasteiger partial charge in [0.15, 0.2) is 0 Å². The van der Waals surface area contributed by atoms with Crippen LogP contribution in [0.4, 0.5) is 0 Å². The SMILES string of the molecule is C=O.C=O.C=O.C=O.C=O.C=O.C=O.C=O.C=O.CC.CC(=O)N(C)[C@@H](Cc1ccccc1)C(=O)N(C)[C@@H](Cc1ccccc1)C(=O)N[C@@H](C)C(=O)N1CCCCC1.CC(C)C.CC(C)O.CCC(C)C.CCC(C)C.CCc1ccccc1.CN.CN.CN.CN.CN.CN.N.N.N.